The second kappa shape index (κ2) is 9.21. The number of aromatic nitrogens is 1. The van der Waals surface area contributed by atoms with Crippen LogP contribution in [0.2, 0.25) is 5.02 Å². The van der Waals surface area contributed by atoms with Crippen molar-refractivity contribution in [2.45, 2.75) is 44.9 Å². The number of carboxylic acid groups (broad SMARTS) is 1. The molecule has 0 spiro atoms. The average molecular weight is 430 g/mol. The molecule has 2 aliphatic rings. The summed E-state index contributed by atoms with van der Waals surface area (Å²) < 4.78 is 0. The van der Waals surface area contributed by atoms with Gasteiger partial charge in [-0.25, -0.2) is 4.98 Å². The number of carbonyl (C=O) groups excluding carboxylic acids is 1. The van der Waals surface area contributed by atoms with Crippen molar-refractivity contribution in [3.63, 3.8) is 0 Å². The summed E-state index contributed by atoms with van der Waals surface area (Å²) in [6.07, 6.45) is 6.19. The maximum Gasteiger partial charge on any atom is 0.306 e. The Labute approximate surface area is 181 Å². The van der Waals surface area contributed by atoms with Gasteiger partial charge in [0.25, 0.3) is 0 Å². The van der Waals surface area contributed by atoms with Crippen LogP contribution in [0.15, 0.2) is 24.3 Å². The molecule has 0 atom stereocenters. The molecule has 1 saturated heterocycles. The van der Waals surface area contributed by atoms with Gasteiger partial charge in [-0.05, 0) is 49.9 Å². The second-order valence-corrected chi connectivity index (χ2v) is 8.79. The molecule has 6 nitrogen and oxygen atoms in total. The van der Waals surface area contributed by atoms with E-state index in [9.17, 15) is 14.7 Å². The Bertz CT molecular complexity index is 935. The first-order valence-electron chi connectivity index (χ1n) is 10.9. The third-order valence-corrected chi connectivity index (χ3v) is 6.77. The monoisotopic (exact) mass is 429 g/mol. The fourth-order valence-electron chi connectivity index (χ4n) is 4.64. The highest BCUT2D eigenvalue weighted by Gasteiger charge is 2.25. The third kappa shape index (κ3) is 4.53. The zero-order valence-electron chi connectivity index (χ0n) is 17.1. The molecule has 0 radical (unpaired) electrons. The van der Waals surface area contributed by atoms with Gasteiger partial charge in [0.05, 0.1) is 22.1 Å². The number of nitrogens with zero attached hydrogens (tertiary/aromatic N) is 2. The maximum absolute atomic E-state index is 12.3. The molecule has 2 fully saturated rings. The molecule has 1 aromatic heterocycles. The van der Waals surface area contributed by atoms with Crippen molar-refractivity contribution in [1.82, 2.24) is 4.98 Å². The maximum atomic E-state index is 12.3. The number of benzene rings is 1. The van der Waals surface area contributed by atoms with E-state index >= 15 is 0 Å². The number of fused-ring (bicyclic) bond motifs is 1. The number of Topliss-reactive ketones (excluding diaryl/α,β-unsaturated/α-hetero) is 1. The molecule has 4 rings (SSSR count). The van der Waals surface area contributed by atoms with E-state index in [1.54, 1.807) is 0 Å². The molecule has 1 aliphatic heterocycles. The van der Waals surface area contributed by atoms with Gasteiger partial charge in [-0.3, -0.25) is 9.59 Å². The average Bonchev–Trinajstić information content (AvgIpc) is 3.30. The van der Waals surface area contributed by atoms with E-state index in [1.807, 2.05) is 24.3 Å². The summed E-state index contributed by atoms with van der Waals surface area (Å²) in [6.45, 7) is 1.95. The number of aliphatic carboxylic acids is 1. The minimum Gasteiger partial charge on any atom is -0.481 e. The van der Waals surface area contributed by atoms with E-state index in [2.05, 4.69) is 10.2 Å². The lowest BCUT2D eigenvalue weighted by molar-refractivity contribution is -0.142. The van der Waals surface area contributed by atoms with E-state index in [0.29, 0.717) is 49.7 Å². The third-order valence-electron chi connectivity index (χ3n) is 6.46. The van der Waals surface area contributed by atoms with Gasteiger partial charge in [0, 0.05) is 37.4 Å². The van der Waals surface area contributed by atoms with Crippen molar-refractivity contribution in [3.8, 4) is 0 Å². The van der Waals surface area contributed by atoms with Crippen LogP contribution in [0.3, 0.4) is 0 Å². The Hall–Kier alpha value is -2.34. The van der Waals surface area contributed by atoms with Gasteiger partial charge in [0.2, 0.25) is 0 Å². The number of hydrogen-bond acceptors (Lipinski definition) is 5. The Morgan fingerprint density at radius 3 is 2.50 bits per heavy atom. The van der Waals surface area contributed by atoms with Crippen molar-refractivity contribution in [2.75, 3.05) is 29.9 Å². The molecule has 2 aromatic rings. The molecule has 160 valence electrons. The zero-order valence-corrected chi connectivity index (χ0v) is 17.8. The van der Waals surface area contributed by atoms with E-state index in [0.717, 1.165) is 35.2 Å². The number of anilines is 2. The van der Waals surface area contributed by atoms with Crippen molar-refractivity contribution in [3.05, 3.63) is 29.3 Å². The Kier molecular flexibility index (Phi) is 6.42. The minimum absolute atomic E-state index is 0.240. The van der Waals surface area contributed by atoms with Crippen molar-refractivity contribution < 1.29 is 14.7 Å². The van der Waals surface area contributed by atoms with Gasteiger partial charge in [-0.2, -0.15) is 0 Å². The molecular formula is C23H28ClN3O3. The summed E-state index contributed by atoms with van der Waals surface area (Å²) in [7, 11) is 0. The summed E-state index contributed by atoms with van der Waals surface area (Å²) in [6, 6.07) is 7.71. The molecule has 1 aliphatic carbocycles. The zero-order chi connectivity index (χ0) is 21.1. The lowest BCUT2D eigenvalue weighted by Crippen LogP contribution is -2.36. The lowest BCUT2D eigenvalue weighted by atomic mass is 9.97. The Morgan fingerprint density at radius 2 is 1.80 bits per heavy atom. The number of nitrogens with one attached hydrogen (secondary N) is 1. The van der Waals surface area contributed by atoms with Gasteiger partial charge in [-0.1, -0.05) is 24.4 Å². The van der Waals surface area contributed by atoms with Crippen LogP contribution in [0.4, 0.5) is 11.5 Å². The predicted molar refractivity (Wildman–Crippen MR) is 119 cm³/mol. The van der Waals surface area contributed by atoms with Crippen LogP contribution in [0, 0.1) is 11.8 Å². The van der Waals surface area contributed by atoms with Crippen molar-refractivity contribution in [2.24, 2.45) is 11.8 Å². The van der Waals surface area contributed by atoms with Crippen LogP contribution in [-0.4, -0.2) is 41.5 Å². The molecular weight excluding hydrogens is 402 g/mol. The summed E-state index contributed by atoms with van der Waals surface area (Å²) in [5.41, 5.74) is 1.65. The SMILES string of the molecule is O=C(O)C1CCN(c2ccc3c(NCCC(=O)C4CCCC4)c(Cl)ccc3n2)CC1. The second-order valence-electron chi connectivity index (χ2n) is 8.38. The number of ketones is 1. The van der Waals surface area contributed by atoms with E-state index in [-0.39, 0.29) is 11.8 Å². The summed E-state index contributed by atoms with van der Waals surface area (Å²) in [5, 5.41) is 14.1. The van der Waals surface area contributed by atoms with E-state index in [1.165, 1.54) is 12.8 Å². The molecule has 30 heavy (non-hydrogen) atoms. The van der Waals surface area contributed by atoms with E-state index < -0.39 is 5.97 Å². The minimum atomic E-state index is -0.710. The molecule has 0 amide bonds. The number of pyridine rings is 1. The highest BCUT2D eigenvalue weighted by Crippen LogP contribution is 2.33. The number of halogens is 1. The molecule has 7 heteroatoms. The molecule has 0 bridgehead atoms. The highest BCUT2D eigenvalue weighted by atomic mass is 35.5. The summed E-state index contributed by atoms with van der Waals surface area (Å²) in [5.74, 6) is 0.475. The van der Waals surface area contributed by atoms with Crippen LogP contribution in [-0.2, 0) is 9.59 Å². The molecule has 2 heterocycles. The highest BCUT2D eigenvalue weighted by molar-refractivity contribution is 6.34. The van der Waals surface area contributed by atoms with Crippen molar-refractivity contribution >= 4 is 45.8 Å². The number of carbonyl (C=O) groups is 2. The van der Waals surface area contributed by atoms with Gasteiger partial charge in [0.15, 0.2) is 0 Å². The molecule has 1 aromatic carbocycles. The first-order valence-corrected chi connectivity index (χ1v) is 11.2. The number of rotatable bonds is 7. The topological polar surface area (TPSA) is 82.5 Å². The number of hydrogen-bond donors (Lipinski definition) is 2. The number of carboxylic acids is 1. The Balaban J connectivity index is 1.44. The van der Waals surface area contributed by atoms with Crippen LogP contribution in [0.1, 0.15) is 44.9 Å². The van der Waals surface area contributed by atoms with Gasteiger partial charge in [0.1, 0.15) is 11.6 Å². The standard InChI is InChI=1S/C23H28ClN3O3/c24-18-6-7-19-17(22(18)25-12-9-20(28)15-3-1-2-4-15)5-8-21(26-19)27-13-10-16(11-14-27)23(29)30/h5-8,15-16,25H,1-4,9-14H2,(H,29,30). The van der Waals surface area contributed by atoms with Gasteiger partial charge < -0.3 is 15.3 Å². The fourth-order valence-corrected chi connectivity index (χ4v) is 4.87. The molecule has 0 unspecified atom stereocenters. The lowest BCUT2D eigenvalue weighted by Gasteiger charge is -2.31. The smallest absolute Gasteiger partial charge is 0.306 e. The van der Waals surface area contributed by atoms with Gasteiger partial charge in [-0.15, -0.1) is 0 Å². The molecule has 2 N–H and O–H groups in total. The van der Waals surface area contributed by atoms with Gasteiger partial charge >= 0.3 is 5.97 Å². The van der Waals surface area contributed by atoms with Crippen molar-refractivity contribution in [1.29, 1.82) is 0 Å². The normalized spacial score (nSPS) is 18.1. The van der Waals surface area contributed by atoms with Crippen LogP contribution < -0.4 is 10.2 Å². The number of piperidine rings is 1. The Morgan fingerprint density at radius 1 is 1.07 bits per heavy atom. The van der Waals surface area contributed by atoms with Crippen LogP contribution in [0.5, 0.6) is 0 Å². The van der Waals surface area contributed by atoms with Crippen LogP contribution in [0.25, 0.3) is 10.9 Å². The molecule has 1 saturated carbocycles. The van der Waals surface area contributed by atoms with Crippen LogP contribution >= 0.6 is 11.6 Å². The quantitative estimate of drug-likeness (QED) is 0.660. The largest absolute Gasteiger partial charge is 0.481 e. The first-order chi connectivity index (χ1) is 14.5. The summed E-state index contributed by atoms with van der Waals surface area (Å²) in [4.78, 5) is 30.4. The predicted octanol–water partition coefficient (Wildman–Crippen LogP) is 4.75. The summed E-state index contributed by atoms with van der Waals surface area (Å²) >= 11 is 6.44. The van der Waals surface area contributed by atoms with E-state index in [4.69, 9.17) is 16.6 Å². The first kappa shape index (κ1) is 20.9. The fraction of sp³-hybridized carbons (Fsp3) is 0.522.